The SMILES string of the molecule is CC(C)(C)n1cc(C(=O)NCc2ccc(Cl)cc2)c(=O)c2cc(CCCO)ccc21. The van der Waals surface area contributed by atoms with E-state index in [-0.39, 0.29) is 23.1 Å². The zero-order valence-electron chi connectivity index (χ0n) is 17.5. The number of amides is 1. The van der Waals surface area contributed by atoms with Crippen molar-refractivity contribution in [3.05, 3.63) is 80.6 Å². The van der Waals surface area contributed by atoms with E-state index in [0.29, 0.717) is 29.8 Å². The van der Waals surface area contributed by atoms with Gasteiger partial charge in [0.15, 0.2) is 0 Å². The molecule has 30 heavy (non-hydrogen) atoms. The highest BCUT2D eigenvalue weighted by Gasteiger charge is 2.21. The second-order valence-electron chi connectivity index (χ2n) is 8.40. The van der Waals surface area contributed by atoms with Crippen LogP contribution < -0.4 is 10.7 Å². The molecule has 1 amide bonds. The average molecular weight is 427 g/mol. The summed E-state index contributed by atoms with van der Waals surface area (Å²) in [5.74, 6) is -0.407. The first-order chi connectivity index (χ1) is 14.2. The number of pyridine rings is 1. The molecule has 0 radical (unpaired) electrons. The van der Waals surface area contributed by atoms with Crippen LogP contribution in [0.4, 0.5) is 0 Å². The molecule has 5 nitrogen and oxygen atoms in total. The van der Waals surface area contributed by atoms with Crippen molar-refractivity contribution in [3.63, 3.8) is 0 Å². The molecule has 2 aromatic carbocycles. The van der Waals surface area contributed by atoms with Crippen LogP contribution in [0.25, 0.3) is 10.9 Å². The molecule has 1 heterocycles. The van der Waals surface area contributed by atoms with Gasteiger partial charge < -0.3 is 15.0 Å². The molecule has 0 bridgehead atoms. The van der Waals surface area contributed by atoms with Crippen molar-refractivity contribution in [2.45, 2.75) is 45.7 Å². The number of carbonyl (C=O) groups is 1. The standard InChI is InChI=1S/C24H27ClN2O3/c1-24(2,3)27-15-20(23(30)26-14-17-6-9-18(25)10-7-17)22(29)19-13-16(5-4-12-28)8-11-21(19)27/h6-11,13,15,28H,4-5,12,14H2,1-3H3,(H,26,30). The molecule has 3 aromatic rings. The number of fused-ring (bicyclic) bond motifs is 1. The number of aliphatic hydroxyl groups is 1. The van der Waals surface area contributed by atoms with Crippen molar-refractivity contribution in [3.8, 4) is 0 Å². The second-order valence-corrected chi connectivity index (χ2v) is 8.84. The van der Waals surface area contributed by atoms with Gasteiger partial charge in [-0.15, -0.1) is 0 Å². The number of aryl methyl sites for hydroxylation is 1. The van der Waals surface area contributed by atoms with Crippen LogP contribution in [-0.4, -0.2) is 22.2 Å². The van der Waals surface area contributed by atoms with Gasteiger partial charge in [-0.3, -0.25) is 9.59 Å². The van der Waals surface area contributed by atoms with Gasteiger partial charge in [-0.25, -0.2) is 0 Å². The van der Waals surface area contributed by atoms with E-state index < -0.39 is 5.91 Å². The lowest BCUT2D eigenvalue weighted by molar-refractivity contribution is 0.0949. The van der Waals surface area contributed by atoms with Gasteiger partial charge in [-0.1, -0.05) is 29.8 Å². The Morgan fingerprint density at radius 3 is 2.40 bits per heavy atom. The summed E-state index contributed by atoms with van der Waals surface area (Å²) in [7, 11) is 0. The van der Waals surface area contributed by atoms with Crippen LogP contribution in [-0.2, 0) is 18.5 Å². The summed E-state index contributed by atoms with van der Waals surface area (Å²) in [4.78, 5) is 26.1. The molecule has 1 aromatic heterocycles. The Morgan fingerprint density at radius 1 is 1.10 bits per heavy atom. The van der Waals surface area contributed by atoms with Crippen LogP contribution in [0.5, 0.6) is 0 Å². The Bertz CT molecular complexity index is 1110. The number of aliphatic hydroxyl groups excluding tert-OH is 1. The fraction of sp³-hybridized carbons (Fsp3) is 0.333. The van der Waals surface area contributed by atoms with E-state index in [1.807, 2.05) is 55.7 Å². The molecule has 0 atom stereocenters. The third-order valence-electron chi connectivity index (χ3n) is 5.03. The molecule has 0 spiro atoms. The maximum absolute atomic E-state index is 13.2. The number of hydrogen-bond donors (Lipinski definition) is 2. The first-order valence-corrected chi connectivity index (χ1v) is 10.4. The van der Waals surface area contributed by atoms with E-state index >= 15 is 0 Å². The molecule has 0 saturated heterocycles. The highest BCUT2D eigenvalue weighted by atomic mass is 35.5. The first-order valence-electron chi connectivity index (χ1n) is 10.0. The number of aromatic nitrogens is 1. The van der Waals surface area contributed by atoms with Crippen molar-refractivity contribution in [2.75, 3.05) is 6.61 Å². The molecule has 3 rings (SSSR count). The fourth-order valence-electron chi connectivity index (χ4n) is 3.41. The van der Waals surface area contributed by atoms with E-state index in [9.17, 15) is 9.59 Å². The van der Waals surface area contributed by atoms with Gasteiger partial charge in [-0.2, -0.15) is 0 Å². The van der Waals surface area contributed by atoms with Gasteiger partial charge >= 0.3 is 0 Å². The summed E-state index contributed by atoms with van der Waals surface area (Å²) < 4.78 is 1.97. The van der Waals surface area contributed by atoms with Gasteiger partial charge in [0.1, 0.15) is 5.56 Å². The predicted molar refractivity (Wildman–Crippen MR) is 121 cm³/mol. The van der Waals surface area contributed by atoms with E-state index in [1.165, 1.54) is 0 Å². The Morgan fingerprint density at radius 2 is 1.77 bits per heavy atom. The highest BCUT2D eigenvalue weighted by Crippen LogP contribution is 2.23. The molecular weight excluding hydrogens is 400 g/mol. The van der Waals surface area contributed by atoms with Crippen LogP contribution in [0.15, 0.2) is 53.5 Å². The van der Waals surface area contributed by atoms with Crippen molar-refractivity contribution in [1.29, 1.82) is 0 Å². The Kier molecular flexibility index (Phi) is 6.64. The van der Waals surface area contributed by atoms with E-state index in [0.717, 1.165) is 16.6 Å². The van der Waals surface area contributed by atoms with Crippen LogP contribution in [0.3, 0.4) is 0 Å². The average Bonchev–Trinajstić information content (AvgIpc) is 2.71. The Hall–Kier alpha value is -2.63. The predicted octanol–water partition coefficient (Wildman–Crippen LogP) is 4.26. The largest absolute Gasteiger partial charge is 0.396 e. The Labute approximate surface area is 181 Å². The third-order valence-corrected chi connectivity index (χ3v) is 5.28. The van der Waals surface area contributed by atoms with E-state index in [4.69, 9.17) is 16.7 Å². The lowest BCUT2D eigenvalue weighted by Crippen LogP contribution is -2.32. The van der Waals surface area contributed by atoms with Gasteiger partial charge in [0.2, 0.25) is 5.43 Å². The number of halogens is 1. The van der Waals surface area contributed by atoms with Crippen molar-refractivity contribution in [1.82, 2.24) is 9.88 Å². The van der Waals surface area contributed by atoms with Gasteiger partial charge in [-0.05, 0) is 69.0 Å². The molecule has 0 unspecified atom stereocenters. The highest BCUT2D eigenvalue weighted by molar-refractivity contribution is 6.30. The molecular formula is C24H27ClN2O3. The summed E-state index contributed by atoms with van der Waals surface area (Å²) >= 11 is 5.91. The summed E-state index contributed by atoms with van der Waals surface area (Å²) in [5, 5.41) is 13.1. The van der Waals surface area contributed by atoms with Gasteiger partial charge in [0.25, 0.3) is 5.91 Å². The molecule has 0 fully saturated rings. The zero-order valence-corrected chi connectivity index (χ0v) is 18.3. The van der Waals surface area contributed by atoms with E-state index in [1.54, 1.807) is 18.3 Å². The maximum atomic E-state index is 13.2. The minimum atomic E-state index is -0.407. The molecule has 6 heteroatoms. The van der Waals surface area contributed by atoms with Crippen LogP contribution in [0.1, 0.15) is 48.7 Å². The Balaban J connectivity index is 2.01. The quantitative estimate of drug-likeness (QED) is 0.618. The fourth-order valence-corrected chi connectivity index (χ4v) is 3.54. The summed E-state index contributed by atoms with van der Waals surface area (Å²) in [6.07, 6.45) is 2.95. The number of nitrogens with zero attached hydrogens (tertiary/aromatic N) is 1. The second kappa shape index (κ2) is 9.02. The minimum absolute atomic E-state index is 0.0946. The molecule has 158 valence electrons. The minimum Gasteiger partial charge on any atom is -0.396 e. The van der Waals surface area contributed by atoms with Gasteiger partial charge in [0.05, 0.1) is 5.52 Å². The first kappa shape index (κ1) is 22.1. The van der Waals surface area contributed by atoms with Crippen molar-refractivity contribution in [2.24, 2.45) is 0 Å². The molecule has 2 N–H and O–H groups in total. The maximum Gasteiger partial charge on any atom is 0.257 e. The number of carbonyl (C=O) groups excluding carboxylic acids is 1. The lowest BCUT2D eigenvalue weighted by Gasteiger charge is -2.26. The zero-order chi connectivity index (χ0) is 21.9. The monoisotopic (exact) mass is 426 g/mol. The number of hydrogen-bond acceptors (Lipinski definition) is 3. The molecule has 0 saturated carbocycles. The number of nitrogens with one attached hydrogen (secondary N) is 1. The number of benzene rings is 2. The van der Waals surface area contributed by atoms with Crippen LogP contribution in [0.2, 0.25) is 5.02 Å². The van der Waals surface area contributed by atoms with E-state index in [2.05, 4.69) is 5.32 Å². The molecule has 0 aliphatic carbocycles. The molecule has 0 aliphatic heterocycles. The summed E-state index contributed by atoms with van der Waals surface area (Å²) in [5.41, 5.74) is 2.16. The third kappa shape index (κ3) is 4.91. The normalized spacial score (nSPS) is 11.6. The molecule has 0 aliphatic rings. The van der Waals surface area contributed by atoms with Gasteiger partial charge in [0, 0.05) is 35.3 Å². The lowest BCUT2D eigenvalue weighted by atomic mass is 10.0. The number of rotatable bonds is 6. The summed E-state index contributed by atoms with van der Waals surface area (Å²) in [6.45, 7) is 6.50. The smallest absolute Gasteiger partial charge is 0.257 e. The summed E-state index contributed by atoms with van der Waals surface area (Å²) in [6, 6.07) is 12.9. The van der Waals surface area contributed by atoms with Crippen molar-refractivity contribution >= 4 is 28.4 Å². The topological polar surface area (TPSA) is 71.3 Å². The van der Waals surface area contributed by atoms with Crippen LogP contribution in [0, 0.1) is 0 Å². The van der Waals surface area contributed by atoms with Crippen molar-refractivity contribution < 1.29 is 9.90 Å². The van der Waals surface area contributed by atoms with Crippen LogP contribution >= 0.6 is 11.6 Å².